The fourth-order valence-corrected chi connectivity index (χ4v) is 0.114. The summed E-state index contributed by atoms with van der Waals surface area (Å²) in [5.74, 6) is 0. The van der Waals surface area contributed by atoms with Gasteiger partial charge in [0.25, 0.3) is 0 Å². The molecule has 0 amide bonds. The molecule has 0 aromatic rings. The van der Waals surface area contributed by atoms with Gasteiger partial charge in [-0.15, -0.1) is 0 Å². The summed E-state index contributed by atoms with van der Waals surface area (Å²) in [4.78, 5) is 27.4. The SMILES string of the molecule is O=C[C-](C=O)[N+](=O)[O-].[Na+]. The van der Waals surface area contributed by atoms with Crippen LogP contribution in [0.1, 0.15) is 0 Å². The van der Waals surface area contributed by atoms with E-state index in [2.05, 4.69) is 0 Å². The Morgan fingerprint density at radius 1 is 1.33 bits per heavy atom. The number of hydrogen-bond acceptors (Lipinski definition) is 4. The van der Waals surface area contributed by atoms with Crippen molar-refractivity contribution >= 4 is 12.6 Å². The first-order valence-electron chi connectivity index (χ1n) is 1.64. The summed E-state index contributed by atoms with van der Waals surface area (Å²) in [6, 6.07) is -0.954. The molecule has 9 heavy (non-hydrogen) atoms. The van der Waals surface area contributed by atoms with E-state index in [1.165, 1.54) is 0 Å². The van der Waals surface area contributed by atoms with Crippen LogP contribution in [0.25, 0.3) is 0 Å². The van der Waals surface area contributed by atoms with E-state index < -0.39 is 11.0 Å². The minimum Gasteiger partial charge on any atom is -0.331 e. The van der Waals surface area contributed by atoms with Crippen molar-refractivity contribution in [1.29, 1.82) is 0 Å². The first-order chi connectivity index (χ1) is 3.72. The molecule has 44 valence electrons. The topological polar surface area (TPSA) is 77.3 Å². The largest absolute Gasteiger partial charge is 1.00 e. The molecule has 6 heteroatoms. The molecule has 0 fully saturated rings. The van der Waals surface area contributed by atoms with Crippen molar-refractivity contribution < 1.29 is 44.1 Å². The van der Waals surface area contributed by atoms with Crippen LogP contribution in [0.4, 0.5) is 0 Å². The smallest absolute Gasteiger partial charge is 0.331 e. The molecule has 0 radical (unpaired) electrons. The van der Waals surface area contributed by atoms with E-state index in [-0.39, 0.29) is 42.1 Å². The van der Waals surface area contributed by atoms with Crippen molar-refractivity contribution in [2.24, 2.45) is 0 Å². The Morgan fingerprint density at radius 2 is 1.67 bits per heavy atom. The molecule has 0 spiro atoms. The number of nitrogens with zero attached hydrogens (tertiary/aromatic N) is 1. The van der Waals surface area contributed by atoms with Crippen molar-refractivity contribution in [2.45, 2.75) is 0 Å². The van der Waals surface area contributed by atoms with Crippen molar-refractivity contribution in [3.8, 4) is 0 Å². The Kier molecular flexibility index (Phi) is 7.28. The summed E-state index contributed by atoms with van der Waals surface area (Å²) >= 11 is 0. The van der Waals surface area contributed by atoms with E-state index in [1.807, 2.05) is 0 Å². The molecule has 0 aliphatic rings. The zero-order chi connectivity index (χ0) is 6.57. The quantitative estimate of drug-likeness (QED) is 0.100. The standard InChI is InChI=1S/C3H2NO4.Na/c5-1-3(2-6)4(7)8;/h1-2H;/q-1;+1. The molecular weight excluding hydrogens is 137 g/mol. The van der Waals surface area contributed by atoms with Crippen LogP contribution in [0, 0.1) is 16.2 Å². The summed E-state index contributed by atoms with van der Waals surface area (Å²) in [6.45, 7) is 0. The van der Waals surface area contributed by atoms with Crippen LogP contribution < -0.4 is 29.6 Å². The van der Waals surface area contributed by atoms with Crippen LogP contribution in [-0.2, 0) is 9.59 Å². The molecule has 0 aliphatic carbocycles. The molecule has 0 heterocycles. The van der Waals surface area contributed by atoms with E-state index in [4.69, 9.17) is 0 Å². The van der Waals surface area contributed by atoms with Gasteiger partial charge in [-0.05, 0) is 0 Å². The average molecular weight is 139 g/mol. The second kappa shape index (κ2) is 5.74. The van der Waals surface area contributed by atoms with Gasteiger partial charge >= 0.3 is 29.6 Å². The molecule has 0 saturated heterocycles. The summed E-state index contributed by atoms with van der Waals surface area (Å²) in [7, 11) is 0. The van der Waals surface area contributed by atoms with Crippen LogP contribution in [-0.4, -0.2) is 17.5 Å². The van der Waals surface area contributed by atoms with E-state index in [0.29, 0.717) is 0 Å². The van der Waals surface area contributed by atoms with Gasteiger partial charge in [-0.2, -0.15) is 0 Å². The molecule has 0 saturated carbocycles. The molecule has 0 aliphatic heterocycles. The third-order valence-electron chi connectivity index (χ3n) is 0.452. The van der Waals surface area contributed by atoms with E-state index in [0.717, 1.165) is 0 Å². The number of rotatable bonds is 3. The average Bonchev–Trinajstić information content (AvgIpc) is 1.69. The summed E-state index contributed by atoms with van der Waals surface area (Å²) < 4.78 is 0. The second-order valence-electron chi connectivity index (χ2n) is 0.918. The molecule has 0 atom stereocenters. The van der Waals surface area contributed by atoms with Crippen LogP contribution in [0.2, 0.25) is 0 Å². The number of aldehydes is 2. The normalized spacial score (nSPS) is 6.67. The van der Waals surface area contributed by atoms with Gasteiger partial charge in [0.15, 0.2) is 0 Å². The zero-order valence-electron chi connectivity index (χ0n) is 4.73. The second-order valence-corrected chi connectivity index (χ2v) is 0.918. The number of carbonyl (C=O) groups is 2. The first kappa shape index (κ1) is 11.4. The number of hydrogen-bond donors (Lipinski definition) is 0. The molecule has 5 nitrogen and oxygen atoms in total. The zero-order valence-corrected chi connectivity index (χ0v) is 6.73. The number of carbonyl (C=O) groups excluding carboxylic acids is 2. The molecule has 0 aromatic carbocycles. The Balaban J connectivity index is 0. The predicted octanol–water partition coefficient (Wildman–Crippen LogP) is -3.80. The minimum atomic E-state index is -1.04. The maximum atomic E-state index is 9.47. The van der Waals surface area contributed by atoms with Gasteiger partial charge in [0.1, 0.15) is 0 Å². The van der Waals surface area contributed by atoms with E-state index in [1.54, 1.807) is 0 Å². The van der Waals surface area contributed by atoms with Crippen molar-refractivity contribution in [3.63, 3.8) is 0 Å². The van der Waals surface area contributed by atoms with Gasteiger partial charge < -0.3 is 9.59 Å². The molecule has 0 unspecified atom stereocenters. The van der Waals surface area contributed by atoms with Crippen LogP contribution in [0.5, 0.6) is 0 Å². The monoisotopic (exact) mass is 139 g/mol. The van der Waals surface area contributed by atoms with Crippen molar-refractivity contribution in [3.05, 3.63) is 16.2 Å². The molecule has 0 rings (SSSR count). The number of nitro groups is 1. The molecule has 0 N–H and O–H groups in total. The summed E-state index contributed by atoms with van der Waals surface area (Å²) in [5, 5.41) is 9.47. The first-order valence-corrected chi connectivity index (χ1v) is 1.64. The van der Waals surface area contributed by atoms with Crippen LogP contribution in [0.15, 0.2) is 0 Å². The van der Waals surface area contributed by atoms with Gasteiger partial charge in [-0.1, -0.05) is 4.92 Å². The van der Waals surface area contributed by atoms with Crippen LogP contribution >= 0.6 is 0 Å². The van der Waals surface area contributed by atoms with Gasteiger partial charge in [0.2, 0.25) is 0 Å². The fraction of sp³-hybridized carbons (Fsp3) is 0. The van der Waals surface area contributed by atoms with E-state index >= 15 is 0 Å². The molecule has 0 bridgehead atoms. The van der Waals surface area contributed by atoms with Crippen molar-refractivity contribution in [1.82, 2.24) is 0 Å². The third-order valence-corrected chi connectivity index (χ3v) is 0.452. The Bertz CT molecular complexity index is 117. The Labute approximate surface area is 72.9 Å². The van der Waals surface area contributed by atoms with Crippen molar-refractivity contribution in [2.75, 3.05) is 0 Å². The van der Waals surface area contributed by atoms with E-state index in [9.17, 15) is 19.7 Å². The predicted molar refractivity (Wildman–Crippen MR) is 22.4 cm³/mol. The maximum Gasteiger partial charge on any atom is 1.00 e. The maximum absolute atomic E-state index is 9.47. The minimum absolute atomic E-state index is 0. The Hall–Kier alpha value is -0.390. The van der Waals surface area contributed by atoms with Gasteiger partial charge in [0, 0.05) is 0 Å². The Morgan fingerprint density at radius 3 is 1.67 bits per heavy atom. The fourth-order valence-electron chi connectivity index (χ4n) is 0.114. The van der Waals surface area contributed by atoms with Gasteiger partial charge in [-0.25, -0.2) is 0 Å². The summed E-state index contributed by atoms with van der Waals surface area (Å²) in [6.07, 6.45) is -0.208. The molecule has 0 aromatic heterocycles. The summed E-state index contributed by atoms with van der Waals surface area (Å²) in [5.41, 5.74) is 0. The van der Waals surface area contributed by atoms with Gasteiger partial charge in [0.05, 0.1) is 18.6 Å². The molecular formula is C3H2NNaO4. The third kappa shape index (κ3) is 4.14. The van der Waals surface area contributed by atoms with Crippen LogP contribution in [0.3, 0.4) is 0 Å². The van der Waals surface area contributed by atoms with Gasteiger partial charge in [-0.3, -0.25) is 10.1 Å².